The SMILES string of the molecule is Cc1cc(C)nc(-n2ncc(C#N)c2NC(=O)c2cccc3ccccc23)n1. The first-order chi connectivity index (χ1) is 13.6. The number of fused-ring (bicyclic) bond motifs is 1. The molecule has 0 saturated carbocycles. The summed E-state index contributed by atoms with van der Waals surface area (Å²) in [6.45, 7) is 3.70. The Hall–Kier alpha value is -4.05. The molecule has 0 fully saturated rings. The molecular weight excluding hydrogens is 352 g/mol. The molecule has 0 bridgehead atoms. The lowest BCUT2D eigenvalue weighted by molar-refractivity contribution is 0.102. The molecule has 0 aliphatic carbocycles. The Morgan fingerprint density at radius 1 is 1.07 bits per heavy atom. The average Bonchev–Trinajstić information content (AvgIpc) is 3.09. The maximum absolute atomic E-state index is 13.0. The monoisotopic (exact) mass is 368 g/mol. The molecule has 0 atom stereocenters. The highest BCUT2D eigenvalue weighted by atomic mass is 16.1. The zero-order valence-corrected chi connectivity index (χ0v) is 15.3. The van der Waals surface area contributed by atoms with Crippen LogP contribution in [0.1, 0.15) is 27.3 Å². The standard InChI is InChI=1S/C21H16N6O/c1-13-10-14(2)25-21(24-13)27-19(16(11-22)12-23-27)26-20(28)18-9-5-7-15-6-3-4-8-17(15)18/h3-10,12H,1-2H3,(H,26,28). The minimum absolute atomic E-state index is 0.233. The van der Waals surface area contributed by atoms with E-state index in [0.717, 1.165) is 22.2 Å². The number of nitrogens with zero attached hydrogens (tertiary/aromatic N) is 5. The third-order valence-corrected chi connectivity index (χ3v) is 4.32. The van der Waals surface area contributed by atoms with E-state index < -0.39 is 0 Å². The molecule has 28 heavy (non-hydrogen) atoms. The van der Waals surface area contributed by atoms with Gasteiger partial charge in [-0.25, -0.2) is 9.97 Å². The van der Waals surface area contributed by atoms with E-state index in [1.807, 2.05) is 56.3 Å². The highest BCUT2D eigenvalue weighted by molar-refractivity contribution is 6.13. The van der Waals surface area contributed by atoms with Crippen molar-refractivity contribution < 1.29 is 4.79 Å². The van der Waals surface area contributed by atoms with Gasteiger partial charge in [0.2, 0.25) is 0 Å². The summed E-state index contributed by atoms with van der Waals surface area (Å²) in [5, 5.41) is 18.3. The van der Waals surface area contributed by atoms with Crippen molar-refractivity contribution in [2.75, 3.05) is 5.32 Å². The lowest BCUT2D eigenvalue weighted by Crippen LogP contribution is -2.17. The third kappa shape index (κ3) is 3.08. The van der Waals surface area contributed by atoms with Crippen LogP contribution >= 0.6 is 0 Å². The molecule has 4 rings (SSSR count). The number of hydrogen-bond acceptors (Lipinski definition) is 5. The van der Waals surface area contributed by atoms with E-state index >= 15 is 0 Å². The van der Waals surface area contributed by atoms with Crippen molar-refractivity contribution in [3.8, 4) is 12.0 Å². The van der Waals surface area contributed by atoms with Gasteiger partial charge in [0.15, 0.2) is 5.82 Å². The number of aryl methyl sites for hydroxylation is 2. The van der Waals surface area contributed by atoms with Crippen molar-refractivity contribution in [1.29, 1.82) is 5.26 Å². The van der Waals surface area contributed by atoms with E-state index in [4.69, 9.17) is 0 Å². The molecule has 7 nitrogen and oxygen atoms in total. The number of amides is 1. The van der Waals surface area contributed by atoms with E-state index in [0.29, 0.717) is 11.5 Å². The molecule has 0 saturated heterocycles. The molecule has 136 valence electrons. The Morgan fingerprint density at radius 2 is 1.79 bits per heavy atom. The van der Waals surface area contributed by atoms with Crippen LogP contribution in [0.3, 0.4) is 0 Å². The summed E-state index contributed by atoms with van der Waals surface area (Å²) >= 11 is 0. The second-order valence-corrected chi connectivity index (χ2v) is 6.36. The number of nitriles is 1. The second kappa shape index (κ2) is 6.93. The van der Waals surface area contributed by atoms with Gasteiger partial charge in [0.1, 0.15) is 11.6 Å². The van der Waals surface area contributed by atoms with Crippen LogP contribution in [-0.4, -0.2) is 25.7 Å². The van der Waals surface area contributed by atoms with Gasteiger partial charge in [-0.05, 0) is 36.8 Å². The van der Waals surface area contributed by atoms with Gasteiger partial charge in [0.05, 0.1) is 6.20 Å². The van der Waals surface area contributed by atoms with E-state index in [1.165, 1.54) is 10.9 Å². The van der Waals surface area contributed by atoms with Crippen molar-refractivity contribution >= 4 is 22.5 Å². The van der Waals surface area contributed by atoms with Crippen LogP contribution in [0.15, 0.2) is 54.7 Å². The predicted octanol–water partition coefficient (Wildman–Crippen LogP) is 3.56. The topological polar surface area (TPSA) is 96.5 Å². The van der Waals surface area contributed by atoms with Crippen LogP contribution in [0.25, 0.3) is 16.7 Å². The summed E-state index contributed by atoms with van der Waals surface area (Å²) in [5.41, 5.74) is 2.28. The van der Waals surface area contributed by atoms with Gasteiger partial charge in [0, 0.05) is 17.0 Å². The van der Waals surface area contributed by atoms with Gasteiger partial charge in [-0.15, -0.1) is 0 Å². The molecule has 7 heteroatoms. The number of rotatable bonds is 3. The van der Waals surface area contributed by atoms with Crippen LogP contribution in [-0.2, 0) is 0 Å². The summed E-state index contributed by atoms with van der Waals surface area (Å²) in [7, 11) is 0. The van der Waals surface area contributed by atoms with E-state index in [1.54, 1.807) is 6.07 Å². The smallest absolute Gasteiger partial charge is 0.257 e. The summed E-state index contributed by atoms with van der Waals surface area (Å²) in [6, 6.07) is 17.1. The summed E-state index contributed by atoms with van der Waals surface area (Å²) in [4.78, 5) is 21.8. The van der Waals surface area contributed by atoms with Gasteiger partial charge in [-0.2, -0.15) is 15.0 Å². The Kier molecular flexibility index (Phi) is 4.30. The summed E-state index contributed by atoms with van der Waals surface area (Å²) < 4.78 is 1.38. The van der Waals surface area contributed by atoms with Crippen LogP contribution in [0, 0.1) is 25.2 Å². The fourth-order valence-electron chi connectivity index (χ4n) is 3.10. The van der Waals surface area contributed by atoms with Gasteiger partial charge >= 0.3 is 0 Å². The van der Waals surface area contributed by atoms with Crippen molar-refractivity contribution in [2.45, 2.75) is 13.8 Å². The van der Waals surface area contributed by atoms with Crippen molar-refractivity contribution in [3.05, 3.63) is 77.2 Å². The first-order valence-electron chi connectivity index (χ1n) is 8.66. The van der Waals surface area contributed by atoms with Crippen LogP contribution in [0.2, 0.25) is 0 Å². The van der Waals surface area contributed by atoms with Gasteiger partial charge < -0.3 is 5.32 Å². The number of carbonyl (C=O) groups is 1. The molecule has 2 aromatic heterocycles. The molecule has 2 heterocycles. The van der Waals surface area contributed by atoms with Gasteiger partial charge in [-0.1, -0.05) is 36.4 Å². The molecule has 0 unspecified atom stereocenters. The number of anilines is 1. The highest BCUT2D eigenvalue weighted by Gasteiger charge is 2.19. The number of nitrogens with one attached hydrogen (secondary N) is 1. The Balaban J connectivity index is 1.78. The number of carbonyl (C=O) groups excluding carboxylic acids is 1. The van der Waals surface area contributed by atoms with Gasteiger partial charge in [0.25, 0.3) is 11.9 Å². The Labute approximate surface area is 161 Å². The van der Waals surface area contributed by atoms with Crippen molar-refractivity contribution in [3.63, 3.8) is 0 Å². The van der Waals surface area contributed by atoms with Gasteiger partial charge in [-0.3, -0.25) is 4.79 Å². The molecule has 1 amide bonds. The Morgan fingerprint density at radius 3 is 2.54 bits per heavy atom. The summed E-state index contributed by atoms with van der Waals surface area (Å²) in [5.74, 6) is 0.206. The lowest BCUT2D eigenvalue weighted by atomic mass is 10.0. The molecular formula is C21H16N6O. The normalized spacial score (nSPS) is 10.6. The van der Waals surface area contributed by atoms with Crippen molar-refractivity contribution in [1.82, 2.24) is 19.7 Å². The zero-order chi connectivity index (χ0) is 19.7. The quantitative estimate of drug-likeness (QED) is 0.596. The molecule has 0 aliphatic heterocycles. The fourth-order valence-corrected chi connectivity index (χ4v) is 3.10. The number of hydrogen-bond donors (Lipinski definition) is 1. The minimum atomic E-state index is -0.334. The lowest BCUT2D eigenvalue weighted by Gasteiger charge is -2.11. The maximum Gasteiger partial charge on any atom is 0.257 e. The fraction of sp³-hybridized carbons (Fsp3) is 0.0952. The largest absolute Gasteiger partial charge is 0.305 e. The van der Waals surface area contributed by atoms with E-state index in [9.17, 15) is 10.1 Å². The second-order valence-electron chi connectivity index (χ2n) is 6.36. The van der Waals surface area contributed by atoms with Crippen LogP contribution < -0.4 is 5.32 Å². The highest BCUT2D eigenvalue weighted by Crippen LogP contribution is 2.22. The van der Waals surface area contributed by atoms with Crippen molar-refractivity contribution in [2.24, 2.45) is 0 Å². The zero-order valence-electron chi connectivity index (χ0n) is 15.3. The Bertz CT molecular complexity index is 1230. The third-order valence-electron chi connectivity index (χ3n) is 4.32. The molecule has 0 spiro atoms. The maximum atomic E-state index is 13.0. The van der Waals surface area contributed by atoms with Crippen LogP contribution in [0.4, 0.5) is 5.82 Å². The molecule has 1 N–H and O–H groups in total. The summed E-state index contributed by atoms with van der Waals surface area (Å²) in [6.07, 6.45) is 1.39. The number of aromatic nitrogens is 4. The average molecular weight is 368 g/mol. The molecule has 0 aliphatic rings. The molecule has 2 aromatic carbocycles. The first-order valence-corrected chi connectivity index (χ1v) is 8.66. The number of benzene rings is 2. The molecule has 4 aromatic rings. The van der Waals surface area contributed by atoms with Crippen LogP contribution in [0.5, 0.6) is 0 Å². The van der Waals surface area contributed by atoms with E-state index in [2.05, 4.69) is 26.5 Å². The minimum Gasteiger partial charge on any atom is -0.305 e. The molecule has 0 radical (unpaired) electrons. The predicted molar refractivity (Wildman–Crippen MR) is 105 cm³/mol. The van der Waals surface area contributed by atoms with E-state index in [-0.39, 0.29) is 17.3 Å². The first kappa shape index (κ1) is 17.4.